The van der Waals surface area contributed by atoms with Gasteiger partial charge in [0.15, 0.2) is 0 Å². The van der Waals surface area contributed by atoms with Gasteiger partial charge in [-0.05, 0) is 38.0 Å². The lowest BCUT2D eigenvalue weighted by Gasteiger charge is -2.23. The second kappa shape index (κ2) is 5.47. The highest BCUT2D eigenvalue weighted by molar-refractivity contribution is 6.30. The van der Waals surface area contributed by atoms with E-state index in [0.29, 0.717) is 11.6 Å². The van der Waals surface area contributed by atoms with Crippen LogP contribution in [0.5, 0.6) is 5.75 Å². The second-order valence-corrected chi connectivity index (χ2v) is 5.63. The molecule has 0 radical (unpaired) electrons. The van der Waals surface area contributed by atoms with Crippen LogP contribution in [0.1, 0.15) is 44.2 Å². The molecule has 1 aliphatic rings. The molecule has 0 heterocycles. The topological polar surface area (TPSA) is 55.5 Å². The van der Waals surface area contributed by atoms with Gasteiger partial charge >= 0.3 is 0 Å². The van der Waals surface area contributed by atoms with Gasteiger partial charge < -0.3 is 15.6 Å². The SMILES string of the molecule is C[C@@H](N)c1cc(Cl)ccc1OCC1(O)CCCC1. The highest BCUT2D eigenvalue weighted by Gasteiger charge is 2.32. The minimum absolute atomic E-state index is 0.142. The smallest absolute Gasteiger partial charge is 0.124 e. The van der Waals surface area contributed by atoms with Crippen molar-refractivity contribution in [1.82, 2.24) is 0 Å². The number of nitrogens with two attached hydrogens (primary N) is 1. The summed E-state index contributed by atoms with van der Waals surface area (Å²) in [5.41, 5.74) is 6.11. The molecule has 0 aliphatic heterocycles. The summed E-state index contributed by atoms with van der Waals surface area (Å²) in [7, 11) is 0. The number of benzene rings is 1. The third-order valence-electron chi connectivity index (χ3n) is 3.49. The maximum Gasteiger partial charge on any atom is 0.124 e. The average Bonchev–Trinajstić information content (AvgIpc) is 2.75. The predicted molar refractivity (Wildman–Crippen MR) is 73.0 cm³/mol. The summed E-state index contributed by atoms with van der Waals surface area (Å²) in [6.45, 7) is 2.22. The number of hydrogen-bond donors (Lipinski definition) is 2. The van der Waals surface area contributed by atoms with E-state index in [1.807, 2.05) is 19.1 Å². The molecule has 1 saturated carbocycles. The van der Waals surface area contributed by atoms with Crippen LogP contribution >= 0.6 is 11.6 Å². The van der Waals surface area contributed by atoms with Gasteiger partial charge in [0.25, 0.3) is 0 Å². The molecule has 1 aromatic carbocycles. The molecule has 0 bridgehead atoms. The zero-order valence-corrected chi connectivity index (χ0v) is 11.4. The van der Waals surface area contributed by atoms with Crippen molar-refractivity contribution in [2.24, 2.45) is 5.73 Å². The van der Waals surface area contributed by atoms with E-state index in [1.54, 1.807) is 6.07 Å². The Morgan fingerprint density at radius 1 is 1.44 bits per heavy atom. The number of rotatable bonds is 4. The third-order valence-corrected chi connectivity index (χ3v) is 3.73. The summed E-state index contributed by atoms with van der Waals surface area (Å²) >= 11 is 5.96. The Kier molecular flexibility index (Phi) is 4.15. The van der Waals surface area contributed by atoms with Gasteiger partial charge in [-0.25, -0.2) is 0 Å². The van der Waals surface area contributed by atoms with Gasteiger partial charge in [0, 0.05) is 16.6 Å². The van der Waals surface area contributed by atoms with E-state index < -0.39 is 5.60 Å². The first kappa shape index (κ1) is 13.7. The Hall–Kier alpha value is -0.770. The number of hydrogen-bond acceptors (Lipinski definition) is 3. The lowest BCUT2D eigenvalue weighted by molar-refractivity contribution is 0.00106. The number of ether oxygens (including phenoxy) is 1. The Morgan fingerprint density at radius 3 is 2.72 bits per heavy atom. The van der Waals surface area contributed by atoms with E-state index in [-0.39, 0.29) is 6.04 Å². The summed E-state index contributed by atoms with van der Waals surface area (Å²) in [5, 5.41) is 10.9. The highest BCUT2D eigenvalue weighted by atomic mass is 35.5. The standard InChI is InChI=1S/C14H20ClNO2/c1-10(16)12-8-11(15)4-5-13(12)18-9-14(17)6-2-3-7-14/h4-5,8,10,17H,2-3,6-7,9,16H2,1H3/t10-/m1/s1. The fourth-order valence-electron chi connectivity index (χ4n) is 2.40. The van der Waals surface area contributed by atoms with E-state index in [9.17, 15) is 5.11 Å². The molecule has 3 nitrogen and oxygen atoms in total. The van der Waals surface area contributed by atoms with Crippen molar-refractivity contribution in [3.05, 3.63) is 28.8 Å². The minimum atomic E-state index is -0.672. The molecular formula is C14H20ClNO2. The van der Waals surface area contributed by atoms with Crippen molar-refractivity contribution in [3.8, 4) is 5.75 Å². The fourth-order valence-corrected chi connectivity index (χ4v) is 2.58. The minimum Gasteiger partial charge on any atom is -0.490 e. The molecule has 18 heavy (non-hydrogen) atoms. The van der Waals surface area contributed by atoms with Crippen molar-refractivity contribution in [2.45, 2.75) is 44.2 Å². The first-order chi connectivity index (χ1) is 8.50. The van der Waals surface area contributed by atoms with Gasteiger partial charge in [0.2, 0.25) is 0 Å². The summed E-state index contributed by atoms with van der Waals surface area (Å²) in [6.07, 6.45) is 3.77. The number of halogens is 1. The Morgan fingerprint density at radius 2 is 2.11 bits per heavy atom. The summed E-state index contributed by atoms with van der Waals surface area (Å²) < 4.78 is 5.75. The van der Waals surface area contributed by atoms with Crippen LogP contribution in [-0.4, -0.2) is 17.3 Å². The molecule has 1 atom stereocenters. The summed E-state index contributed by atoms with van der Waals surface area (Å²) in [6, 6.07) is 5.28. The molecular weight excluding hydrogens is 250 g/mol. The van der Waals surface area contributed by atoms with Crippen LogP contribution in [0.15, 0.2) is 18.2 Å². The summed E-state index contributed by atoms with van der Waals surface area (Å²) in [5.74, 6) is 0.717. The van der Waals surface area contributed by atoms with Gasteiger partial charge in [-0.2, -0.15) is 0 Å². The van der Waals surface area contributed by atoms with E-state index in [1.165, 1.54) is 0 Å². The lowest BCUT2D eigenvalue weighted by atomic mass is 10.0. The molecule has 0 spiro atoms. The van der Waals surface area contributed by atoms with Gasteiger partial charge in [-0.1, -0.05) is 24.4 Å². The Bertz CT molecular complexity index is 414. The van der Waals surface area contributed by atoms with E-state index in [2.05, 4.69) is 0 Å². The first-order valence-corrected chi connectivity index (χ1v) is 6.78. The number of aliphatic hydroxyl groups is 1. The molecule has 2 rings (SSSR count). The molecule has 4 heteroatoms. The average molecular weight is 270 g/mol. The Balaban J connectivity index is 2.09. The Labute approximate surface area is 113 Å². The normalized spacial score (nSPS) is 19.8. The van der Waals surface area contributed by atoms with Crippen molar-refractivity contribution in [3.63, 3.8) is 0 Å². The van der Waals surface area contributed by atoms with Crippen molar-refractivity contribution < 1.29 is 9.84 Å². The molecule has 0 unspecified atom stereocenters. The maximum atomic E-state index is 10.3. The molecule has 1 aliphatic carbocycles. The monoisotopic (exact) mass is 269 g/mol. The van der Waals surface area contributed by atoms with Crippen LogP contribution in [0.2, 0.25) is 5.02 Å². The molecule has 0 saturated heterocycles. The van der Waals surface area contributed by atoms with Crippen LogP contribution < -0.4 is 10.5 Å². The van der Waals surface area contributed by atoms with Crippen LogP contribution in [0.3, 0.4) is 0 Å². The fraction of sp³-hybridized carbons (Fsp3) is 0.571. The lowest BCUT2D eigenvalue weighted by Crippen LogP contribution is -2.32. The zero-order valence-electron chi connectivity index (χ0n) is 10.7. The van der Waals surface area contributed by atoms with Crippen molar-refractivity contribution in [2.75, 3.05) is 6.61 Å². The van der Waals surface area contributed by atoms with Gasteiger partial charge in [0.1, 0.15) is 12.4 Å². The maximum absolute atomic E-state index is 10.3. The van der Waals surface area contributed by atoms with Crippen LogP contribution in [0.25, 0.3) is 0 Å². The highest BCUT2D eigenvalue weighted by Crippen LogP contribution is 2.32. The van der Waals surface area contributed by atoms with Crippen molar-refractivity contribution >= 4 is 11.6 Å². The molecule has 0 amide bonds. The zero-order chi connectivity index (χ0) is 13.2. The van der Waals surface area contributed by atoms with Crippen LogP contribution in [-0.2, 0) is 0 Å². The molecule has 3 N–H and O–H groups in total. The van der Waals surface area contributed by atoms with E-state index >= 15 is 0 Å². The quantitative estimate of drug-likeness (QED) is 0.883. The first-order valence-electron chi connectivity index (χ1n) is 6.40. The second-order valence-electron chi connectivity index (χ2n) is 5.19. The molecule has 0 aromatic heterocycles. The summed E-state index contributed by atoms with van der Waals surface area (Å²) in [4.78, 5) is 0. The molecule has 1 aromatic rings. The van der Waals surface area contributed by atoms with Gasteiger partial charge in [-0.15, -0.1) is 0 Å². The van der Waals surface area contributed by atoms with Crippen LogP contribution in [0.4, 0.5) is 0 Å². The van der Waals surface area contributed by atoms with Gasteiger partial charge in [-0.3, -0.25) is 0 Å². The molecule has 100 valence electrons. The van der Waals surface area contributed by atoms with E-state index in [4.69, 9.17) is 22.1 Å². The molecule has 1 fully saturated rings. The predicted octanol–water partition coefficient (Wildman–Crippen LogP) is 3.04. The van der Waals surface area contributed by atoms with Crippen molar-refractivity contribution in [1.29, 1.82) is 0 Å². The van der Waals surface area contributed by atoms with Crippen LogP contribution in [0, 0.1) is 0 Å². The largest absolute Gasteiger partial charge is 0.490 e. The van der Waals surface area contributed by atoms with E-state index in [0.717, 1.165) is 37.0 Å². The van der Waals surface area contributed by atoms with Gasteiger partial charge in [0.05, 0.1) is 5.60 Å². The third kappa shape index (κ3) is 3.16.